The predicted octanol–water partition coefficient (Wildman–Crippen LogP) is 4.39. The molecule has 1 fully saturated rings. The fourth-order valence-corrected chi connectivity index (χ4v) is 3.34. The highest BCUT2D eigenvalue weighted by Gasteiger charge is 2.34. The first-order chi connectivity index (χ1) is 15.1. The second-order valence-corrected chi connectivity index (χ2v) is 7.17. The van der Waals surface area contributed by atoms with Crippen molar-refractivity contribution in [3.63, 3.8) is 0 Å². The zero-order valence-electron chi connectivity index (χ0n) is 16.7. The Morgan fingerprint density at radius 2 is 1.71 bits per heavy atom. The lowest BCUT2D eigenvalue weighted by Gasteiger charge is -2.14. The summed E-state index contributed by atoms with van der Waals surface area (Å²) in [5.41, 5.74) is 4.70. The van der Waals surface area contributed by atoms with Gasteiger partial charge in [0.2, 0.25) is 0 Å². The van der Waals surface area contributed by atoms with E-state index in [1.54, 1.807) is 48.5 Å². The van der Waals surface area contributed by atoms with Crippen LogP contribution in [0.25, 0.3) is 6.08 Å². The molecule has 31 heavy (non-hydrogen) atoms. The molecule has 0 saturated carbocycles. The minimum Gasteiger partial charge on any atom is -0.493 e. The summed E-state index contributed by atoms with van der Waals surface area (Å²) >= 11 is 6.18. The lowest BCUT2D eigenvalue weighted by Crippen LogP contribution is -2.35. The number of hydrogen-bond donors (Lipinski definition) is 1. The lowest BCUT2D eigenvalue weighted by atomic mass is 10.1. The molecule has 0 aliphatic carbocycles. The number of halogens is 1. The number of nitrogens with zero attached hydrogens (tertiary/aromatic N) is 1. The van der Waals surface area contributed by atoms with Gasteiger partial charge in [-0.2, -0.15) is 0 Å². The number of nitrogens with one attached hydrogen (secondary N) is 1. The average Bonchev–Trinajstić information content (AvgIpc) is 3.08. The molecule has 0 spiro atoms. The van der Waals surface area contributed by atoms with E-state index in [9.17, 15) is 9.59 Å². The molecule has 0 aromatic heterocycles. The molecule has 0 unspecified atom stereocenters. The summed E-state index contributed by atoms with van der Waals surface area (Å²) in [6.07, 6.45) is 1.53. The minimum atomic E-state index is -0.466. The highest BCUT2D eigenvalue weighted by atomic mass is 35.5. The van der Waals surface area contributed by atoms with Crippen LogP contribution in [0.4, 0.5) is 5.69 Å². The Bertz CT molecular complexity index is 1160. The van der Waals surface area contributed by atoms with Crippen molar-refractivity contribution in [3.05, 3.63) is 94.5 Å². The smallest absolute Gasteiger partial charge is 0.282 e. The lowest BCUT2D eigenvalue weighted by molar-refractivity contribution is -0.117. The van der Waals surface area contributed by atoms with Crippen molar-refractivity contribution < 1.29 is 19.1 Å². The number of anilines is 1. The molecule has 1 saturated heterocycles. The van der Waals surface area contributed by atoms with Gasteiger partial charge >= 0.3 is 0 Å². The summed E-state index contributed by atoms with van der Waals surface area (Å²) in [5, 5.41) is 1.85. The van der Waals surface area contributed by atoms with E-state index in [0.717, 1.165) is 5.56 Å². The van der Waals surface area contributed by atoms with E-state index in [4.69, 9.17) is 21.1 Å². The zero-order chi connectivity index (χ0) is 21.8. The molecule has 1 aliphatic rings. The quantitative estimate of drug-likeness (QED) is 0.461. The molecule has 156 valence electrons. The van der Waals surface area contributed by atoms with E-state index in [-0.39, 0.29) is 12.2 Å². The van der Waals surface area contributed by atoms with Gasteiger partial charge < -0.3 is 9.47 Å². The van der Waals surface area contributed by atoms with Crippen LogP contribution in [-0.2, 0) is 16.2 Å². The van der Waals surface area contributed by atoms with Crippen molar-refractivity contribution in [1.29, 1.82) is 0 Å². The number of carbonyl (C=O) groups is 2. The monoisotopic (exact) mass is 434 g/mol. The highest BCUT2D eigenvalue weighted by molar-refractivity contribution is 6.32. The molecule has 0 radical (unpaired) electrons. The van der Waals surface area contributed by atoms with Crippen molar-refractivity contribution in [3.8, 4) is 11.5 Å². The van der Waals surface area contributed by atoms with Crippen molar-refractivity contribution in [2.24, 2.45) is 0 Å². The summed E-state index contributed by atoms with van der Waals surface area (Å²) in [6.45, 7) is 0.281. The van der Waals surface area contributed by atoms with Crippen molar-refractivity contribution in [2.45, 2.75) is 6.61 Å². The van der Waals surface area contributed by atoms with E-state index >= 15 is 0 Å². The maximum Gasteiger partial charge on any atom is 0.282 e. The van der Waals surface area contributed by atoms with Crippen molar-refractivity contribution >= 4 is 35.2 Å². The standard InChI is InChI=1S/C24H19ClN2O4/c1-30-22-14-16(11-12-21(22)31-15-17-7-5-6-10-20(17)25)13-19-23(28)26-27(24(19)29)18-8-3-2-4-9-18/h2-14H,15H2,1H3,(H,26,28)/b19-13+. The van der Waals surface area contributed by atoms with Crippen LogP contribution in [0.3, 0.4) is 0 Å². The molecule has 1 aliphatic heterocycles. The van der Waals surface area contributed by atoms with Gasteiger partial charge in [0.1, 0.15) is 12.2 Å². The highest BCUT2D eigenvalue weighted by Crippen LogP contribution is 2.31. The first kappa shape index (κ1) is 20.5. The van der Waals surface area contributed by atoms with Crippen LogP contribution in [0.15, 0.2) is 78.4 Å². The number of rotatable bonds is 6. The first-order valence-corrected chi connectivity index (χ1v) is 9.91. The van der Waals surface area contributed by atoms with Crippen LogP contribution in [-0.4, -0.2) is 18.9 Å². The van der Waals surface area contributed by atoms with E-state index < -0.39 is 11.8 Å². The number of carbonyl (C=O) groups excluding carboxylic acids is 2. The van der Waals surface area contributed by atoms with Gasteiger partial charge in [-0.25, -0.2) is 5.01 Å². The number of ether oxygens (including phenoxy) is 2. The van der Waals surface area contributed by atoms with E-state index in [1.165, 1.54) is 18.2 Å². The Morgan fingerprint density at radius 1 is 0.968 bits per heavy atom. The average molecular weight is 435 g/mol. The molecule has 1 heterocycles. The van der Waals surface area contributed by atoms with Gasteiger partial charge in [-0.05, 0) is 42.0 Å². The van der Waals surface area contributed by atoms with Gasteiger partial charge in [0.25, 0.3) is 11.8 Å². The molecule has 4 rings (SSSR count). The maximum absolute atomic E-state index is 12.7. The predicted molar refractivity (Wildman–Crippen MR) is 119 cm³/mol. The minimum absolute atomic E-state index is 0.0376. The second-order valence-electron chi connectivity index (χ2n) is 6.77. The number of benzene rings is 3. The molecule has 2 amide bonds. The van der Waals surface area contributed by atoms with Gasteiger partial charge in [-0.1, -0.05) is 54.1 Å². The zero-order valence-corrected chi connectivity index (χ0v) is 17.4. The third-order valence-corrected chi connectivity index (χ3v) is 5.11. The fraction of sp³-hybridized carbons (Fsp3) is 0.0833. The molecule has 1 N–H and O–H groups in total. The van der Waals surface area contributed by atoms with Gasteiger partial charge in [0.15, 0.2) is 11.5 Å². The number of hydrogen-bond acceptors (Lipinski definition) is 4. The Hall–Kier alpha value is -3.77. The number of amides is 2. The van der Waals surface area contributed by atoms with Crippen LogP contribution in [0.1, 0.15) is 11.1 Å². The Labute approximate surface area is 184 Å². The van der Waals surface area contributed by atoms with Crippen LogP contribution >= 0.6 is 11.6 Å². The van der Waals surface area contributed by atoms with Gasteiger partial charge in [-0.3, -0.25) is 15.0 Å². The molecule has 7 heteroatoms. The number of para-hydroxylation sites is 1. The molecule has 0 atom stereocenters. The molecular formula is C24H19ClN2O4. The SMILES string of the molecule is COc1cc(/C=C2\C(=O)NN(c3ccccc3)C2=O)ccc1OCc1ccccc1Cl. The van der Waals surface area contributed by atoms with Crippen molar-refractivity contribution in [1.82, 2.24) is 5.43 Å². The molecule has 3 aromatic carbocycles. The maximum atomic E-state index is 12.7. The van der Waals surface area contributed by atoms with E-state index in [2.05, 4.69) is 5.43 Å². The van der Waals surface area contributed by atoms with Crippen LogP contribution in [0.5, 0.6) is 11.5 Å². The number of hydrazine groups is 1. The van der Waals surface area contributed by atoms with Gasteiger partial charge in [0, 0.05) is 10.6 Å². The topological polar surface area (TPSA) is 67.9 Å². The summed E-state index contributed by atoms with van der Waals surface area (Å²) < 4.78 is 11.3. The molecule has 3 aromatic rings. The molecule has 6 nitrogen and oxygen atoms in total. The van der Waals surface area contributed by atoms with Crippen molar-refractivity contribution in [2.75, 3.05) is 12.1 Å². The van der Waals surface area contributed by atoms with Crippen LogP contribution < -0.4 is 19.9 Å². The summed E-state index contributed by atoms with van der Waals surface area (Å²) in [7, 11) is 1.53. The molecular weight excluding hydrogens is 416 g/mol. The molecule has 0 bridgehead atoms. The second kappa shape index (κ2) is 8.93. The summed E-state index contributed by atoms with van der Waals surface area (Å²) in [6, 6.07) is 21.5. The number of methoxy groups -OCH3 is 1. The third-order valence-electron chi connectivity index (χ3n) is 4.75. The summed E-state index contributed by atoms with van der Waals surface area (Å²) in [4.78, 5) is 25.1. The largest absolute Gasteiger partial charge is 0.493 e. The Kier molecular flexibility index (Phi) is 5.91. The van der Waals surface area contributed by atoms with Gasteiger partial charge in [-0.15, -0.1) is 0 Å². The van der Waals surface area contributed by atoms with Crippen LogP contribution in [0, 0.1) is 0 Å². The Balaban J connectivity index is 1.55. The van der Waals surface area contributed by atoms with E-state index in [1.807, 2.05) is 24.3 Å². The fourth-order valence-electron chi connectivity index (χ4n) is 3.15. The third kappa shape index (κ3) is 4.39. The normalized spacial score (nSPS) is 14.6. The Morgan fingerprint density at radius 3 is 2.45 bits per heavy atom. The first-order valence-electron chi connectivity index (χ1n) is 9.53. The summed E-state index contributed by atoms with van der Waals surface area (Å²) in [5.74, 6) is 0.117. The van der Waals surface area contributed by atoms with Gasteiger partial charge in [0.05, 0.1) is 12.8 Å². The van der Waals surface area contributed by atoms with E-state index in [0.29, 0.717) is 27.8 Å². The van der Waals surface area contributed by atoms with Crippen LogP contribution in [0.2, 0.25) is 5.02 Å².